The molecule has 1 aromatic rings. The highest BCUT2D eigenvalue weighted by molar-refractivity contribution is 7.80. The van der Waals surface area contributed by atoms with E-state index in [0.717, 1.165) is 43.1 Å². The number of fused-ring (bicyclic) bond motifs is 1. The molecule has 0 unspecified atom stereocenters. The summed E-state index contributed by atoms with van der Waals surface area (Å²) in [5.41, 5.74) is 2.40. The molecule has 102 valence electrons. The molecule has 0 radical (unpaired) electrons. The number of benzene rings is 1. The second kappa shape index (κ2) is 4.75. The Kier molecular flexibility index (Phi) is 3.21. The molecule has 1 amide bonds. The van der Waals surface area contributed by atoms with Gasteiger partial charge in [-0.25, -0.2) is 0 Å². The molecule has 1 heterocycles. The van der Waals surface area contributed by atoms with Gasteiger partial charge in [0.1, 0.15) is 0 Å². The molecule has 2 aliphatic rings. The molecule has 3 rings (SSSR count). The monoisotopic (exact) mass is 276 g/mol. The average Bonchev–Trinajstić information content (AvgIpc) is 3.19. The Morgan fingerprint density at radius 3 is 2.58 bits per heavy atom. The maximum absolute atomic E-state index is 12.6. The summed E-state index contributed by atoms with van der Waals surface area (Å²) in [5.74, 6) is 1.08. The third-order valence-corrected chi connectivity index (χ3v) is 5.03. The van der Waals surface area contributed by atoms with Crippen molar-refractivity contribution in [1.82, 2.24) is 0 Å². The number of hydrogen-bond acceptors (Lipinski definition) is 3. The van der Waals surface area contributed by atoms with Gasteiger partial charge in [-0.15, -0.1) is 0 Å². The SMILES string of the molecule is CN1CCN(C(=O)CC2(CS)CC2)c2ccccc21. The Balaban J connectivity index is 1.82. The van der Waals surface area contributed by atoms with Crippen LogP contribution in [-0.4, -0.2) is 31.8 Å². The largest absolute Gasteiger partial charge is 0.371 e. The standard InChI is InChI=1S/C15H20N2OS/c1-16-8-9-17(13-5-3-2-4-12(13)16)14(18)10-15(11-19)6-7-15/h2-5,19H,6-11H2,1H3. The maximum atomic E-state index is 12.6. The third kappa shape index (κ3) is 2.34. The van der Waals surface area contributed by atoms with Gasteiger partial charge in [0.2, 0.25) is 5.91 Å². The fraction of sp³-hybridized carbons (Fsp3) is 0.533. The summed E-state index contributed by atoms with van der Waals surface area (Å²) in [4.78, 5) is 16.7. The van der Waals surface area contributed by atoms with Gasteiger partial charge in [-0.2, -0.15) is 12.6 Å². The summed E-state index contributed by atoms with van der Waals surface area (Å²) >= 11 is 4.39. The number of nitrogens with zero attached hydrogens (tertiary/aromatic N) is 2. The van der Waals surface area contributed by atoms with Crippen LogP contribution >= 0.6 is 12.6 Å². The number of carbonyl (C=O) groups is 1. The highest BCUT2D eigenvalue weighted by atomic mass is 32.1. The maximum Gasteiger partial charge on any atom is 0.227 e. The van der Waals surface area contributed by atoms with Crippen molar-refractivity contribution in [3.63, 3.8) is 0 Å². The number of likely N-dealkylation sites (N-methyl/N-ethyl adjacent to an activating group) is 1. The smallest absolute Gasteiger partial charge is 0.227 e. The Morgan fingerprint density at radius 2 is 1.95 bits per heavy atom. The minimum Gasteiger partial charge on any atom is -0.371 e. The first-order valence-corrected chi connectivity index (χ1v) is 7.50. The summed E-state index contributed by atoms with van der Waals surface area (Å²) in [6, 6.07) is 8.16. The highest BCUT2D eigenvalue weighted by Gasteiger charge is 2.44. The first-order valence-electron chi connectivity index (χ1n) is 6.87. The van der Waals surface area contributed by atoms with Crippen LogP contribution in [0, 0.1) is 5.41 Å². The number of rotatable bonds is 3. The van der Waals surface area contributed by atoms with E-state index in [9.17, 15) is 4.79 Å². The Hall–Kier alpha value is -1.16. The Labute approximate surface area is 120 Å². The molecule has 1 fully saturated rings. The van der Waals surface area contributed by atoms with Gasteiger partial charge in [0.15, 0.2) is 0 Å². The fourth-order valence-electron chi connectivity index (χ4n) is 2.75. The van der Waals surface area contributed by atoms with Crippen molar-refractivity contribution in [2.75, 3.05) is 35.7 Å². The zero-order valence-electron chi connectivity index (χ0n) is 11.3. The van der Waals surface area contributed by atoms with Gasteiger partial charge in [-0.05, 0) is 36.1 Å². The van der Waals surface area contributed by atoms with E-state index in [1.165, 1.54) is 0 Å². The summed E-state index contributed by atoms with van der Waals surface area (Å²) in [6.45, 7) is 1.69. The van der Waals surface area contributed by atoms with Gasteiger partial charge < -0.3 is 9.80 Å². The van der Waals surface area contributed by atoms with Crippen LogP contribution in [0.3, 0.4) is 0 Å². The second-order valence-electron chi connectivity index (χ2n) is 5.79. The van der Waals surface area contributed by atoms with Crippen LogP contribution in [0.25, 0.3) is 0 Å². The summed E-state index contributed by atoms with van der Waals surface area (Å²) in [5, 5.41) is 0. The van der Waals surface area contributed by atoms with Crippen LogP contribution < -0.4 is 9.80 Å². The molecule has 0 atom stereocenters. The van der Waals surface area contributed by atoms with E-state index in [2.05, 4.69) is 30.6 Å². The molecule has 0 aromatic heterocycles. The van der Waals surface area contributed by atoms with E-state index in [-0.39, 0.29) is 11.3 Å². The van der Waals surface area contributed by atoms with Crippen molar-refractivity contribution in [2.45, 2.75) is 19.3 Å². The molecule has 0 spiro atoms. The van der Waals surface area contributed by atoms with Crippen molar-refractivity contribution in [1.29, 1.82) is 0 Å². The molecule has 1 aromatic carbocycles. The van der Waals surface area contributed by atoms with Gasteiger partial charge >= 0.3 is 0 Å². The van der Waals surface area contributed by atoms with Crippen LogP contribution in [0.2, 0.25) is 0 Å². The van der Waals surface area contributed by atoms with Crippen molar-refractivity contribution in [2.24, 2.45) is 5.41 Å². The van der Waals surface area contributed by atoms with Gasteiger partial charge in [-0.1, -0.05) is 12.1 Å². The molecular weight excluding hydrogens is 256 g/mol. The summed E-state index contributed by atoms with van der Waals surface area (Å²) in [6.07, 6.45) is 2.95. The zero-order valence-corrected chi connectivity index (χ0v) is 12.2. The first kappa shape index (κ1) is 12.9. The molecule has 19 heavy (non-hydrogen) atoms. The number of anilines is 2. The van der Waals surface area contributed by atoms with Gasteiger partial charge in [0.25, 0.3) is 0 Å². The third-order valence-electron chi connectivity index (χ3n) is 4.36. The van der Waals surface area contributed by atoms with Gasteiger partial charge in [-0.3, -0.25) is 4.79 Å². The Morgan fingerprint density at radius 1 is 1.26 bits per heavy atom. The van der Waals surface area contributed by atoms with E-state index in [0.29, 0.717) is 6.42 Å². The lowest BCUT2D eigenvalue weighted by molar-refractivity contribution is -0.119. The van der Waals surface area contributed by atoms with Crippen LogP contribution in [0.1, 0.15) is 19.3 Å². The highest BCUT2D eigenvalue weighted by Crippen LogP contribution is 2.50. The second-order valence-corrected chi connectivity index (χ2v) is 6.11. The Bertz CT molecular complexity index is 499. The van der Waals surface area contributed by atoms with Crippen LogP contribution in [0.4, 0.5) is 11.4 Å². The molecule has 4 heteroatoms. The lowest BCUT2D eigenvalue weighted by Gasteiger charge is -2.36. The van der Waals surface area contributed by atoms with Crippen molar-refractivity contribution >= 4 is 29.9 Å². The molecule has 0 bridgehead atoms. The van der Waals surface area contributed by atoms with Crippen molar-refractivity contribution in [3.8, 4) is 0 Å². The fourth-order valence-corrected chi connectivity index (χ4v) is 3.18. The van der Waals surface area contributed by atoms with Crippen LogP contribution in [0.15, 0.2) is 24.3 Å². The number of amides is 1. The normalized spacial score (nSPS) is 20.1. The quantitative estimate of drug-likeness (QED) is 0.858. The van der Waals surface area contributed by atoms with E-state index < -0.39 is 0 Å². The molecule has 0 N–H and O–H groups in total. The predicted octanol–water partition coefficient (Wildman–Crippen LogP) is 2.57. The average molecular weight is 276 g/mol. The van der Waals surface area contributed by atoms with Crippen LogP contribution in [0.5, 0.6) is 0 Å². The molecule has 1 aliphatic heterocycles. The molecule has 3 nitrogen and oxygen atoms in total. The summed E-state index contributed by atoms with van der Waals surface area (Å²) in [7, 11) is 2.08. The van der Waals surface area contributed by atoms with Crippen molar-refractivity contribution in [3.05, 3.63) is 24.3 Å². The number of thiol groups is 1. The molecular formula is C15H20N2OS. The lowest BCUT2D eigenvalue weighted by Crippen LogP contribution is -2.43. The van der Waals surface area contributed by atoms with E-state index in [1.807, 2.05) is 23.1 Å². The van der Waals surface area contributed by atoms with Crippen LogP contribution in [-0.2, 0) is 4.79 Å². The van der Waals surface area contributed by atoms with Gasteiger partial charge in [0.05, 0.1) is 11.4 Å². The number of para-hydroxylation sites is 2. The minimum atomic E-state index is 0.193. The van der Waals surface area contributed by atoms with Gasteiger partial charge in [0, 0.05) is 26.6 Å². The molecule has 1 saturated carbocycles. The zero-order chi connectivity index (χ0) is 13.5. The van der Waals surface area contributed by atoms with E-state index >= 15 is 0 Å². The van der Waals surface area contributed by atoms with E-state index in [1.54, 1.807) is 0 Å². The molecule has 0 saturated heterocycles. The predicted molar refractivity (Wildman–Crippen MR) is 82.2 cm³/mol. The first-order chi connectivity index (χ1) is 9.15. The number of hydrogen-bond donors (Lipinski definition) is 1. The minimum absolute atomic E-state index is 0.193. The molecule has 1 aliphatic carbocycles. The lowest BCUT2D eigenvalue weighted by atomic mass is 10.0. The van der Waals surface area contributed by atoms with Crippen molar-refractivity contribution < 1.29 is 4.79 Å². The number of carbonyl (C=O) groups excluding carboxylic acids is 1. The van der Waals surface area contributed by atoms with E-state index in [4.69, 9.17) is 0 Å². The topological polar surface area (TPSA) is 23.6 Å². The summed E-state index contributed by atoms with van der Waals surface area (Å²) < 4.78 is 0.